The highest BCUT2D eigenvalue weighted by molar-refractivity contribution is 9.10. The monoisotopic (exact) mass is 496 g/mol. The lowest BCUT2D eigenvalue weighted by Gasteiger charge is -2.12. The van der Waals surface area contributed by atoms with E-state index in [0.29, 0.717) is 27.8 Å². The largest absolute Gasteiger partial charge is 0.493 e. The molecule has 156 valence electrons. The van der Waals surface area contributed by atoms with E-state index in [1.165, 1.54) is 13.2 Å². The molecule has 0 unspecified atom stereocenters. The molecule has 0 fully saturated rings. The van der Waals surface area contributed by atoms with Crippen molar-refractivity contribution in [1.29, 1.82) is 5.26 Å². The van der Waals surface area contributed by atoms with E-state index in [-0.39, 0.29) is 12.2 Å². The number of ether oxygens (including phenoxy) is 2. The standard InChI is InChI=1S/C24H18BrClN2O3/c1-30-23-12-16(9-10-22(23)31-15-17-5-2-3-8-21(17)26)11-18(14-27)24(29)28-20-7-4-6-19(25)13-20/h2-13H,15H2,1H3,(H,28,29)/b18-11-. The van der Waals surface area contributed by atoms with Gasteiger partial charge in [0, 0.05) is 20.7 Å². The summed E-state index contributed by atoms with van der Waals surface area (Å²) in [7, 11) is 1.52. The Bertz CT molecular complexity index is 1170. The van der Waals surface area contributed by atoms with E-state index in [1.54, 1.807) is 42.5 Å². The summed E-state index contributed by atoms with van der Waals surface area (Å²) in [6.07, 6.45) is 1.49. The van der Waals surface area contributed by atoms with Crippen molar-refractivity contribution in [2.45, 2.75) is 6.61 Å². The summed E-state index contributed by atoms with van der Waals surface area (Å²) in [6.45, 7) is 0.281. The fourth-order valence-corrected chi connectivity index (χ4v) is 3.33. The van der Waals surface area contributed by atoms with Gasteiger partial charge in [-0.15, -0.1) is 0 Å². The van der Waals surface area contributed by atoms with E-state index in [0.717, 1.165) is 10.0 Å². The Morgan fingerprint density at radius 3 is 2.65 bits per heavy atom. The SMILES string of the molecule is COc1cc(/C=C(/C#N)C(=O)Nc2cccc(Br)c2)ccc1OCc1ccccc1Cl. The average Bonchev–Trinajstić information content (AvgIpc) is 2.77. The van der Waals surface area contributed by atoms with E-state index < -0.39 is 5.91 Å². The number of nitrogens with zero attached hydrogens (tertiary/aromatic N) is 1. The highest BCUT2D eigenvalue weighted by Crippen LogP contribution is 2.30. The number of nitriles is 1. The number of carbonyl (C=O) groups excluding carboxylic acids is 1. The number of nitrogens with one attached hydrogen (secondary N) is 1. The lowest BCUT2D eigenvalue weighted by atomic mass is 10.1. The second-order valence-electron chi connectivity index (χ2n) is 6.42. The first-order valence-corrected chi connectivity index (χ1v) is 10.4. The summed E-state index contributed by atoms with van der Waals surface area (Å²) in [5.41, 5.74) is 2.03. The second kappa shape index (κ2) is 10.7. The Morgan fingerprint density at radius 1 is 1.13 bits per heavy atom. The Kier molecular flexibility index (Phi) is 7.71. The number of halogens is 2. The Hall–Kier alpha value is -3.27. The lowest BCUT2D eigenvalue weighted by Crippen LogP contribution is -2.13. The zero-order valence-electron chi connectivity index (χ0n) is 16.6. The molecule has 3 aromatic carbocycles. The molecular weight excluding hydrogens is 480 g/mol. The van der Waals surface area contributed by atoms with Crippen LogP contribution < -0.4 is 14.8 Å². The Morgan fingerprint density at radius 2 is 1.94 bits per heavy atom. The van der Waals surface area contributed by atoms with Gasteiger partial charge in [0.15, 0.2) is 11.5 Å². The van der Waals surface area contributed by atoms with Gasteiger partial charge in [-0.25, -0.2) is 0 Å². The Labute approximate surface area is 194 Å². The van der Waals surface area contributed by atoms with E-state index in [9.17, 15) is 10.1 Å². The van der Waals surface area contributed by atoms with Crippen LogP contribution in [0.1, 0.15) is 11.1 Å². The molecule has 1 amide bonds. The third-order valence-corrected chi connectivity index (χ3v) is 5.15. The summed E-state index contributed by atoms with van der Waals surface area (Å²) < 4.78 is 12.1. The van der Waals surface area contributed by atoms with Gasteiger partial charge in [0.2, 0.25) is 0 Å². The van der Waals surface area contributed by atoms with Crippen LogP contribution in [0, 0.1) is 11.3 Å². The average molecular weight is 498 g/mol. The molecule has 0 heterocycles. The molecule has 0 radical (unpaired) electrons. The third-order valence-electron chi connectivity index (χ3n) is 4.29. The van der Waals surface area contributed by atoms with Crippen molar-refractivity contribution in [3.8, 4) is 17.6 Å². The minimum absolute atomic E-state index is 0.0354. The van der Waals surface area contributed by atoms with E-state index >= 15 is 0 Å². The first kappa shape index (κ1) is 22.4. The van der Waals surface area contributed by atoms with E-state index in [1.807, 2.05) is 30.3 Å². The highest BCUT2D eigenvalue weighted by Gasteiger charge is 2.12. The molecule has 0 saturated heterocycles. The van der Waals surface area contributed by atoms with Gasteiger partial charge in [-0.05, 0) is 48.0 Å². The van der Waals surface area contributed by atoms with Crippen LogP contribution >= 0.6 is 27.5 Å². The molecule has 1 N–H and O–H groups in total. The summed E-state index contributed by atoms with van der Waals surface area (Å²) in [5, 5.41) is 12.8. The highest BCUT2D eigenvalue weighted by atomic mass is 79.9. The van der Waals surface area contributed by atoms with Crippen LogP contribution in [0.25, 0.3) is 6.08 Å². The molecule has 7 heteroatoms. The number of anilines is 1. The van der Waals surface area contributed by atoms with Crippen molar-refractivity contribution in [3.63, 3.8) is 0 Å². The number of hydrogen-bond acceptors (Lipinski definition) is 4. The molecule has 0 aliphatic rings. The molecular formula is C24H18BrClN2O3. The van der Waals surface area contributed by atoms with Crippen LogP contribution in [0.15, 0.2) is 76.8 Å². The molecule has 0 aromatic heterocycles. The quantitative estimate of drug-likeness (QED) is 0.310. The van der Waals surface area contributed by atoms with Crippen LogP contribution in [-0.4, -0.2) is 13.0 Å². The molecule has 0 aliphatic carbocycles. The van der Waals surface area contributed by atoms with Crippen LogP contribution in [-0.2, 0) is 11.4 Å². The molecule has 0 bridgehead atoms. The topological polar surface area (TPSA) is 71.3 Å². The summed E-state index contributed by atoms with van der Waals surface area (Å²) in [6, 6.07) is 21.7. The summed E-state index contributed by atoms with van der Waals surface area (Å²) in [4.78, 5) is 12.5. The van der Waals surface area contributed by atoms with Crippen LogP contribution in [0.4, 0.5) is 5.69 Å². The maximum Gasteiger partial charge on any atom is 0.266 e. The van der Waals surface area contributed by atoms with Crippen molar-refractivity contribution in [3.05, 3.63) is 92.9 Å². The van der Waals surface area contributed by atoms with Gasteiger partial charge in [-0.3, -0.25) is 4.79 Å². The van der Waals surface area contributed by atoms with E-state index in [4.69, 9.17) is 21.1 Å². The van der Waals surface area contributed by atoms with Crippen LogP contribution in [0.5, 0.6) is 11.5 Å². The van der Waals surface area contributed by atoms with Gasteiger partial charge in [0.25, 0.3) is 5.91 Å². The molecule has 0 saturated carbocycles. The molecule has 0 atom stereocenters. The molecule has 0 aliphatic heterocycles. The summed E-state index contributed by atoms with van der Waals surface area (Å²) in [5.74, 6) is 0.501. The van der Waals surface area contributed by atoms with Crippen molar-refractivity contribution in [2.75, 3.05) is 12.4 Å². The predicted molar refractivity (Wildman–Crippen MR) is 125 cm³/mol. The minimum Gasteiger partial charge on any atom is -0.493 e. The zero-order valence-corrected chi connectivity index (χ0v) is 18.9. The minimum atomic E-state index is -0.501. The molecule has 5 nitrogen and oxygen atoms in total. The lowest BCUT2D eigenvalue weighted by molar-refractivity contribution is -0.112. The first-order chi connectivity index (χ1) is 15.0. The number of carbonyl (C=O) groups is 1. The fourth-order valence-electron chi connectivity index (χ4n) is 2.74. The fraction of sp³-hybridized carbons (Fsp3) is 0.0833. The zero-order chi connectivity index (χ0) is 22.2. The summed E-state index contributed by atoms with van der Waals surface area (Å²) >= 11 is 9.52. The molecule has 3 rings (SSSR count). The van der Waals surface area contributed by atoms with Gasteiger partial charge in [-0.2, -0.15) is 5.26 Å². The number of methoxy groups -OCH3 is 1. The molecule has 31 heavy (non-hydrogen) atoms. The van der Waals surface area contributed by atoms with Gasteiger partial charge >= 0.3 is 0 Å². The second-order valence-corrected chi connectivity index (χ2v) is 7.75. The third kappa shape index (κ3) is 6.11. The van der Waals surface area contributed by atoms with Gasteiger partial charge < -0.3 is 14.8 Å². The van der Waals surface area contributed by atoms with Gasteiger partial charge in [-0.1, -0.05) is 57.9 Å². The maximum absolute atomic E-state index is 12.5. The van der Waals surface area contributed by atoms with Crippen molar-refractivity contribution in [2.24, 2.45) is 0 Å². The number of benzene rings is 3. The van der Waals surface area contributed by atoms with Crippen molar-refractivity contribution in [1.82, 2.24) is 0 Å². The first-order valence-electron chi connectivity index (χ1n) is 9.23. The van der Waals surface area contributed by atoms with E-state index in [2.05, 4.69) is 21.2 Å². The molecule has 3 aromatic rings. The van der Waals surface area contributed by atoms with Crippen LogP contribution in [0.2, 0.25) is 5.02 Å². The number of hydrogen-bond donors (Lipinski definition) is 1. The number of amides is 1. The Balaban J connectivity index is 1.76. The van der Waals surface area contributed by atoms with Crippen molar-refractivity contribution < 1.29 is 14.3 Å². The predicted octanol–water partition coefficient (Wildman–Crippen LogP) is 6.24. The van der Waals surface area contributed by atoms with Crippen molar-refractivity contribution >= 4 is 45.2 Å². The normalized spacial score (nSPS) is 10.8. The number of rotatable bonds is 7. The van der Waals surface area contributed by atoms with Crippen LogP contribution in [0.3, 0.4) is 0 Å². The van der Waals surface area contributed by atoms with Gasteiger partial charge in [0.05, 0.1) is 7.11 Å². The smallest absolute Gasteiger partial charge is 0.266 e. The maximum atomic E-state index is 12.5. The molecule has 0 spiro atoms. The van der Waals surface area contributed by atoms with Gasteiger partial charge in [0.1, 0.15) is 18.2 Å².